The molecule has 0 radical (unpaired) electrons. The molecule has 1 fully saturated rings. The third kappa shape index (κ3) is 2.82. The van der Waals surface area contributed by atoms with Crippen molar-refractivity contribution >= 4 is 11.6 Å². The molecule has 1 saturated heterocycles. The first-order valence-electron chi connectivity index (χ1n) is 6.36. The minimum atomic E-state index is 0.119. The number of benzene rings is 1. The van der Waals surface area contributed by atoms with Crippen LogP contribution in [0.5, 0.6) is 0 Å². The maximum absolute atomic E-state index is 6.18. The Balaban J connectivity index is 2.28. The van der Waals surface area contributed by atoms with Crippen molar-refractivity contribution in [2.45, 2.75) is 44.8 Å². The fraction of sp³-hybridized carbons (Fsp3) is 0.571. The summed E-state index contributed by atoms with van der Waals surface area (Å²) in [7, 11) is 0. The minimum Gasteiger partial charge on any atom is -0.326 e. The Morgan fingerprint density at radius 3 is 2.76 bits per heavy atom. The molecule has 2 rings (SSSR count). The second-order valence-corrected chi connectivity index (χ2v) is 5.52. The number of nitrogens with two attached hydrogens (primary N) is 1. The van der Waals surface area contributed by atoms with E-state index < -0.39 is 0 Å². The molecule has 3 heteroatoms. The third-order valence-corrected chi connectivity index (χ3v) is 3.88. The van der Waals surface area contributed by atoms with Crippen LogP contribution in [0.1, 0.15) is 38.3 Å². The van der Waals surface area contributed by atoms with Gasteiger partial charge in [-0.05, 0) is 50.9 Å². The molecule has 2 nitrogen and oxygen atoms in total. The van der Waals surface area contributed by atoms with E-state index in [1.807, 2.05) is 18.2 Å². The third-order valence-electron chi connectivity index (χ3n) is 3.65. The summed E-state index contributed by atoms with van der Waals surface area (Å²) in [5, 5.41) is 0.792. The zero-order valence-electron chi connectivity index (χ0n) is 10.6. The molecular formula is C14H21ClN2. The van der Waals surface area contributed by atoms with Crippen molar-refractivity contribution in [3.63, 3.8) is 0 Å². The molecule has 17 heavy (non-hydrogen) atoms. The fourth-order valence-electron chi connectivity index (χ4n) is 2.86. The van der Waals surface area contributed by atoms with E-state index in [-0.39, 0.29) is 12.1 Å². The Hall–Kier alpha value is -0.570. The molecule has 0 saturated carbocycles. The van der Waals surface area contributed by atoms with E-state index in [1.54, 1.807) is 0 Å². The predicted molar refractivity (Wildman–Crippen MR) is 73.2 cm³/mol. The molecule has 0 amide bonds. The summed E-state index contributed by atoms with van der Waals surface area (Å²) in [6, 6.07) is 9.11. The molecular weight excluding hydrogens is 232 g/mol. The highest BCUT2D eigenvalue weighted by molar-refractivity contribution is 6.30. The smallest absolute Gasteiger partial charge is 0.0499 e. The van der Waals surface area contributed by atoms with Crippen molar-refractivity contribution in [3.05, 3.63) is 34.9 Å². The molecule has 1 aliphatic heterocycles. The highest BCUT2D eigenvalue weighted by atomic mass is 35.5. The maximum atomic E-state index is 6.18. The molecule has 3 unspecified atom stereocenters. The largest absolute Gasteiger partial charge is 0.326 e. The molecule has 2 N–H and O–H groups in total. The topological polar surface area (TPSA) is 29.3 Å². The van der Waals surface area contributed by atoms with Gasteiger partial charge < -0.3 is 5.73 Å². The van der Waals surface area contributed by atoms with Gasteiger partial charge >= 0.3 is 0 Å². The van der Waals surface area contributed by atoms with Crippen LogP contribution < -0.4 is 5.73 Å². The quantitative estimate of drug-likeness (QED) is 0.895. The lowest BCUT2D eigenvalue weighted by atomic mass is 9.98. The zero-order valence-corrected chi connectivity index (χ0v) is 11.3. The summed E-state index contributed by atoms with van der Waals surface area (Å²) in [5.41, 5.74) is 7.41. The molecule has 3 atom stereocenters. The first-order chi connectivity index (χ1) is 8.09. The van der Waals surface area contributed by atoms with Gasteiger partial charge in [-0.1, -0.05) is 23.7 Å². The van der Waals surface area contributed by atoms with E-state index in [0.717, 1.165) is 11.6 Å². The van der Waals surface area contributed by atoms with Gasteiger partial charge in [-0.25, -0.2) is 0 Å². The van der Waals surface area contributed by atoms with Crippen LogP contribution >= 0.6 is 11.6 Å². The van der Waals surface area contributed by atoms with Gasteiger partial charge in [-0.3, -0.25) is 4.90 Å². The van der Waals surface area contributed by atoms with E-state index in [1.165, 1.54) is 18.4 Å². The number of nitrogens with zero attached hydrogens (tertiary/aromatic N) is 1. The zero-order chi connectivity index (χ0) is 12.4. The number of rotatable bonds is 3. The Labute approximate surface area is 109 Å². The minimum absolute atomic E-state index is 0.119. The van der Waals surface area contributed by atoms with Crippen molar-refractivity contribution in [2.24, 2.45) is 5.73 Å². The summed E-state index contributed by atoms with van der Waals surface area (Å²) in [6.07, 6.45) is 2.54. The molecule has 0 aromatic heterocycles. The van der Waals surface area contributed by atoms with E-state index in [2.05, 4.69) is 24.8 Å². The number of hydrogen-bond donors (Lipinski definition) is 1. The lowest BCUT2D eigenvalue weighted by molar-refractivity contribution is 0.170. The molecule has 0 spiro atoms. The number of halogens is 1. The molecule has 0 aliphatic carbocycles. The normalized spacial score (nSPS) is 24.8. The monoisotopic (exact) mass is 252 g/mol. The summed E-state index contributed by atoms with van der Waals surface area (Å²) in [5.74, 6) is 0. The van der Waals surface area contributed by atoms with Gasteiger partial charge in [0.25, 0.3) is 0 Å². The average molecular weight is 253 g/mol. The van der Waals surface area contributed by atoms with Crippen LogP contribution in [0, 0.1) is 0 Å². The van der Waals surface area contributed by atoms with Crippen molar-refractivity contribution in [1.29, 1.82) is 0 Å². The molecule has 1 aromatic rings. The van der Waals surface area contributed by atoms with Gasteiger partial charge in [-0.2, -0.15) is 0 Å². The summed E-state index contributed by atoms with van der Waals surface area (Å²) >= 11 is 6.08. The molecule has 94 valence electrons. The highest BCUT2D eigenvalue weighted by Gasteiger charge is 2.31. The van der Waals surface area contributed by atoms with Gasteiger partial charge in [0.05, 0.1) is 0 Å². The second kappa shape index (κ2) is 5.38. The Morgan fingerprint density at radius 2 is 2.24 bits per heavy atom. The van der Waals surface area contributed by atoms with Crippen molar-refractivity contribution in [3.8, 4) is 0 Å². The Bertz CT molecular complexity index is 378. The van der Waals surface area contributed by atoms with E-state index in [0.29, 0.717) is 6.04 Å². The first-order valence-corrected chi connectivity index (χ1v) is 6.74. The van der Waals surface area contributed by atoms with Gasteiger partial charge in [-0.15, -0.1) is 0 Å². The van der Waals surface area contributed by atoms with Gasteiger partial charge in [0, 0.05) is 23.1 Å². The van der Waals surface area contributed by atoms with Crippen molar-refractivity contribution in [2.75, 3.05) is 6.54 Å². The van der Waals surface area contributed by atoms with E-state index in [4.69, 9.17) is 17.3 Å². The molecule has 1 heterocycles. The average Bonchev–Trinajstić information content (AvgIpc) is 2.65. The van der Waals surface area contributed by atoms with Crippen LogP contribution in [0.3, 0.4) is 0 Å². The van der Waals surface area contributed by atoms with Crippen LogP contribution in [0.2, 0.25) is 5.02 Å². The summed E-state index contributed by atoms with van der Waals surface area (Å²) < 4.78 is 0. The van der Waals surface area contributed by atoms with Gasteiger partial charge in [0.1, 0.15) is 0 Å². The first kappa shape index (κ1) is 12.9. The van der Waals surface area contributed by atoms with Crippen LogP contribution in [-0.2, 0) is 0 Å². The van der Waals surface area contributed by atoms with Crippen LogP contribution in [0.25, 0.3) is 0 Å². The van der Waals surface area contributed by atoms with Crippen LogP contribution in [0.4, 0.5) is 0 Å². The van der Waals surface area contributed by atoms with Crippen molar-refractivity contribution < 1.29 is 0 Å². The molecule has 1 aromatic carbocycles. The lowest BCUT2D eigenvalue weighted by Gasteiger charge is -2.34. The van der Waals surface area contributed by atoms with Crippen LogP contribution in [-0.4, -0.2) is 23.5 Å². The number of hydrogen-bond acceptors (Lipinski definition) is 2. The molecule has 0 bridgehead atoms. The highest BCUT2D eigenvalue weighted by Crippen LogP contribution is 2.32. The van der Waals surface area contributed by atoms with Crippen molar-refractivity contribution in [1.82, 2.24) is 4.90 Å². The SMILES string of the molecule is CC(N)C(c1cccc(Cl)c1)N1CCCC1C. The van der Waals surface area contributed by atoms with Crippen LogP contribution in [0.15, 0.2) is 24.3 Å². The molecule has 1 aliphatic rings. The summed E-state index contributed by atoms with van der Waals surface area (Å²) in [4.78, 5) is 2.51. The maximum Gasteiger partial charge on any atom is 0.0499 e. The lowest BCUT2D eigenvalue weighted by Crippen LogP contribution is -2.41. The number of likely N-dealkylation sites (tertiary alicyclic amines) is 1. The van der Waals surface area contributed by atoms with Gasteiger partial charge in [0.2, 0.25) is 0 Å². The predicted octanol–water partition coefficient (Wildman–Crippen LogP) is 3.21. The van der Waals surface area contributed by atoms with E-state index >= 15 is 0 Å². The fourth-order valence-corrected chi connectivity index (χ4v) is 3.06. The standard InChI is InChI=1S/C14H21ClN2/c1-10-5-4-8-17(10)14(11(2)16)12-6-3-7-13(15)9-12/h3,6-7,9-11,14H,4-5,8,16H2,1-2H3. The Kier molecular flexibility index (Phi) is 4.08. The second-order valence-electron chi connectivity index (χ2n) is 5.09. The Morgan fingerprint density at radius 1 is 1.47 bits per heavy atom. The summed E-state index contributed by atoms with van der Waals surface area (Å²) in [6.45, 7) is 5.50. The van der Waals surface area contributed by atoms with Gasteiger partial charge in [0.15, 0.2) is 0 Å². The van der Waals surface area contributed by atoms with E-state index in [9.17, 15) is 0 Å².